The highest BCUT2D eigenvalue weighted by molar-refractivity contribution is 7.99. The lowest BCUT2D eigenvalue weighted by Gasteiger charge is -2.22. The second-order valence-corrected chi connectivity index (χ2v) is 6.24. The van der Waals surface area contributed by atoms with Gasteiger partial charge >= 0.3 is 0 Å². The van der Waals surface area contributed by atoms with Crippen molar-refractivity contribution in [1.29, 1.82) is 0 Å². The van der Waals surface area contributed by atoms with E-state index < -0.39 is 0 Å². The quantitative estimate of drug-likeness (QED) is 0.569. The molecule has 0 unspecified atom stereocenters. The number of carbonyl (C=O) groups is 1. The lowest BCUT2D eigenvalue weighted by atomic mass is 10.2. The first-order chi connectivity index (χ1) is 8.39. The Hall–Kier alpha value is -0.980. The summed E-state index contributed by atoms with van der Waals surface area (Å²) in [6.45, 7) is 4.63. The van der Waals surface area contributed by atoms with Crippen molar-refractivity contribution in [3.63, 3.8) is 0 Å². The Balaban J connectivity index is 2.78. The van der Waals surface area contributed by atoms with E-state index in [1.807, 2.05) is 20.1 Å². The molecule has 7 heteroatoms. The molecule has 0 bridgehead atoms. The van der Waals surface area contributed by atoms with Gasteiger partial charge in [-0.25, -0.2) is 10.8 Å². The summed E-state index contributed by atoms with van der Waals surface area (Å²) < 4.78 is -0.0358. The second-order valence-electron chi connectivity index (χ2n) is 4.32. The number of anilines is 1. The summed E-state index contributed by atoms with van der Waals surface area (Å²) >= 11 is 7.61. The predicted molar refractivity (Wildman–Crippen MR) is 77.0 cm³/mol. The van der Waals surface area contributed by atoms with Crippen molar-refractivity contribution in [3.8, 4) is 0 Å². The fourth-order valence-corrected chi connectivity index (χ4v) is 1.54. The highest BCUT2D eigenvalue weighted by Gasteiger charge is 2.19. The maximum atomic E-state index is 12.0. The first-order valence-corrected chi connectivity index (χ1v) is 6.96. The molecule has 0 saturated heterocycles. The number of hydrazine groups is 1. The third-order valence-electron chi connectivity index (χ3n) is 2.44. The van der Waals surface area contributed by atoms with Gasteiger partial charge < -0.3 is 10.7 Å². The van der Waals surface area contributed by atoms with Crippen LogP contribution in [0.5, 0.6) is 0 Å². The molecule has 1 aromatic heterocycles. The van der Waals surface area contributed by atoms with Gasteiger partial charge in [-0.3, -0.25) is 4.79 Å². The first kappa shape index (κ1) is 15.1. The van der Waals surface area contributed by atoms with Gasteiger partial charge in [-0.15, -0.1) is 0 Å². The van der Waals surface area contributed by atoms with E-state index in [0.29, 0.717) is 17.4 Å². The van der Waals surface area contributed by atoms with Gasteiger partial charge in [-0.2, -0.15) is 11.8 Å². The smallest absolute Gasteiger partial charge is 0.271 e. The zero-order chi connectivity index (χ0) is 13.8. The Morgan fingerprint density at radius 1 is 1.56 bits per heavy atom. The Morgan fingerprint density at radius 2 is 2.22 bits per heavy atom. The predicted octanol–water partition coefficient (Wildman–Crippen LogP) is 1.89. The van der Waals surface area contributed by atoms with Crippen molar-refractivity contribution in [2.24, 2.45) is 5.84 Å². The maximum Gasteiger partial charge on any atom is 0.271 e. The number of nitrogens with zero attached hydrogens (tertiary/aromatic N) is 1. The average Bonchev–Trinajstić information content (AvgIpc) is 2.36. The zero-order valence-electron chi connectivity index (χ0n) is 10.6. The summed E-state index contributed by atoms with van der Waals surface area (Å²) in [5.74, 6) is 5.33. The fourth-order valence-electron chi connectivity index (χ4n) is 1.13. The first-order valence-electron chi connectivity index (χ1n) is 5.36. The van der Waals surface area contributed by atoms with E-state index >= 15 is 0 Å². The number of pyridine rings is 1. The SMILES string of the molecule is CSC(C)(C)CNC(=O)c1nc(NN)ccc1Cl. The van der Waals surface area contributed by atoms with Gasteiger partial charge in [-0.05, 0) is 32.2 Å². The lowest BCUT2D eigenvalue weighted by molar-refractivity contribution is 0.0946. The van der Waals surface area contributed by atoms with Gasteiger partial charge in [0, 0.05) is 11.3 Å². The van der Waals surface area contributed by atoms with E-state index in [9.17, 15) is 4.79 Å². The number of aromatic nitrogens is 1. The number of thioether (sulfide) groups is 1. The molecular formula is C11H17ClN4OS. The van der Waals surface area contributed by atoms with Crippen molar-refractivity contribution >= 4 is 35.1 Å². The van der Waals surface area contributed by atoms with Gasteiger partial charge in [0.1, 0.15) is 11.5 Å². The van der Waals surface area contributed by atoms with Gasteiger partial charge in [0.15, 0.2) is 0 Å². The largest absolute Gasteiger partial charge is 0.349 e. The number of nitrogens with one attached hydrogen (secondary N) is 2. The molecule has 0 aliphatic rings. The van der Waals surface area contributed by atoms with Crippen molar-refractivity contribution in [1.82, 2.24) is 10.3 Å². The highest BCUT2D eigenvalue weighted by Crippen LogP contribution is 2.20. The van der Waals surface area contributed by atoms with Crippen LogP contribution >= 0.6 is 23.4 Å². The monoisotopic (exact) mass is 288 g/mol. The lowest BCUT2D eigenvalue weighted by Crippen LogP contribution is -2.36. The number of hydrogen-bond donors (Lipinski definition) is 3. The number of nitrogen functional groups attached to an aromatic ring is 1. The summed E-state index contributed by atoms with van der Waals surface area (Å²) in [6.07, 6.45) is 2.00. The third-order valence-corrected chi connectivity index (χ3v) is 3.99. The van der Waals surface area contributed by atoms with Gasteiger partial charge in [0.05, 0.1) is 5.02 Å². The Kier molecular flexibility index (Phi) is 5.25. The summed E-state index contributed by atoms with van der Waals surface area (Å²) in [7, 11) is 0. The minimum atomic E-state index is -0.306. The molecule has 1 rings (SSSR count). The van der Waals surface area contributed by atoms with Crippen LogP contribution in [-0.2, 0) is 0 Å². The van der Waals surface area contributed by atoms with Gasteiger partial charge in [-0.1, -0.05) is 11.6 Å². The fraction of sp³-hybridized carbons (Fsp3) is 0.455. The molecule has 5 nitrogen and oxygen atoms in total. The van der Waals surface area contributed by atoms with Gasteiger partial charge in [0.25, 0.3) is 5.91 Å². The molecule has 0 aliphatic carbocycles. The molecule has 1 amide bonds. The molecule has 0 aliphatic heterocycles. The molecule has 18 heavy (non-hydrogen) atoms. The van der Waals surface area contributed by atoms with Crippen LogP contribution in [-0.4, -0.2) is 28.4 Å². The van der Waals surface area contributed by atoms with Crippen LogP contribution in [0.25, 0.3) is 0 Å². The van der Waals surface area contributed by atoms with E-state index in [1.54, 1.807) is 23.9 Å². The van der Waals surface area contributed by atoms with Gasteiger partial charge in [0.2, 0.25) is 0 Å². The van der Waals surface area contributed by atoms with Crippen molar-refractivity contribution in [2.75, 3.05) is 18.2 Å². The molecular weight excluding hydrogens is 272 g/mol. The Morgan fingerprint density at radius 3 is 2.78 bits per heavy atom. The number of carbonyl (C=O) groups excluding carboxylic acids is 1. The molecule has 0 saturated carbocycles. The second kappa shape index (κ2) is 6.26. The summed E-state index contributed by atoms with van der Waals surface area (Å²) in [4.78, 5) is 16.0. The van der Waals surface area contributed by atoms with Crippen LogP contribution in [0.15, 0.2) is 12.1 Å². The van der Waals surface area contributed by atoms with Crippen molar-refractivity contribution in [3.05, 3.63) is 22.8 Å². The minimum Gasteiger partial charge on any atom is -0.349 e. The summed E-state index contributed by atoms with van der Waals surface area (Å²) in [6, 6.07) is 3.18. The Labute approximate surface area is 116 Å². The van der Waals surface area contributed by atoms with E-state index in [1.165, 1.54) is 0 Å². The number of rotatable bonds is 5. The molecule has 0 spiro atoms. The van der Waals surface area contributed by atoms with E-state index in [0.717, 1.165) is 0 Å². The van der Waals surface area contributed by atoms with Crippen LogP contribution in [0, 0.1) is 0 Å². The molecule has 100 valence electrons. The molecule has 0 aromatic carbocycles. The molecule has 1 heterocycles. The number of amides is 1. The summed E-state index contributed by atoms with van der Waals surface area (Å²) in [5, 5.41) is 3.11. The minimum absolute atomic E-state index is 0.0358. The van der Waals surface area contributed by atoms with Crippen LogP contribution in [0.3, 0.4) is 0 Å². The average molecular weight is 289 g/mol. The standard InChI is InChI=1S/C11H17ClN4OS/c1-11(2,18-3)6-14-10(17)9-7(12)4-5-8(15-9)16-13/h4-5H,6,13H2,1-3H3,(H,14,17)(H,15,16). The van der Waals surface area contributed by atoms with E-state index in [4.69, 9.17) is 17.4 Å². The van der Waals surface area contributed by atoms with Crippen LogP contribution in [0.1, 0.15) is 24.3 Å². The Bertz CT molecular complexity index is 439. The van der Waals surface area contributed by atoms with E-state index in [-0.39, 0.29) is 16.3 Å². The van der Waals surface area contributed by atoms with Crippen molar-refractivity contribution in [2.45, 2.75) is 18.6 Å². The van der Waals surface area contributed by atoms with Crippen LogP contribution in [0.4, 0.5) is 5.82 Å². The molecule has 4 N–H and O–H groups in total. The van der Waals surface area contributed by atoms with Crippen LogP contribution in [0.2, 0.25) is 5.02 Å². The molecule has 0 fully saturated rings. The topological polar surface area (TPSA) is 80.0 Å². The normalized spacial score (nSPS) is 11.2. The van der Waals surface area contributed by atoms with E-state index in [2.05, 4.69) is 15.7 Å². The summed E-state index contributed by atoms with van der Waals surface area (Å²) in [5.41, 5.74) is 2.55. The maximum absolute atomic E-state index is 12.0. The highest BCUT2D eigenvalue weighted by atomic mass is 35.5. The number of halogens is 1. The van der Waals surface area contributed by atoms with Crippen LogP contribution < -0.4 is 16.6 Å². The molecule has 1 aromatic rings. The number of nitrogens with two attached hydrogens (primary N) is 1. The third kappa shape index (κ3) is 4.04. The molecule has 0 atom stereocenters. The number of hydrogen-bond acceptors (Lipinski definition) is 5. The van der Waals surface area contributed by atoms with Crippen molar-refractivity contribution < 1.29 is 4.79 Å². The molecule has 0 radical (unpaired) electrons. The zero-order valence-corrected chi connectivity index (χ0v) is 12.2.